The highest BCUT2D eigenvalue weighted by molar-refractivity contribution is 7.91. The molecule has 0 aliphatic heterocycles. The van der Waals surface area contributed by atoms with Gasteiger partial charge in [-0.05, 0) is 38.5 Å². The molecule has 1 amide bonds. The fraction of sp³-hybridized carbons (Fsp3) is 0.529. The predicted molar refractivity (Wildman–Crippen MR) is 92.9 cm³/mol. The Kier molecular flexibility index (Phi) is 6.98. The van der Waals surface area contributed by atoms with Gasteiger partial charge in [-0.3, -0.25) is 4.79 Å². The molecular weight excluding hydrogens is 346 g/mol. The first kappa shape index (κ1) is 21.0. The fourth-order valence-electron chi connectivity index (χ4n) is 2.03. The highest BCUT2D eigenvalue weighted by atomic mass is 32.2. The molecule has 7 nitrogen and oxygen atoms in total. The van der Waals surface area contributed by atoms with Crippen LogP contribution in [0.1, 0.15) is 45.7 Å². The smallest absolute Gasteiger partial charge is 0.408 e. The molecule has 1 aromatic carbocycles. The van der Waals surface area contributed by atoms with E-state index < -0.39 is 33.5 Å². The number of hydrogen-bond acceptors (Lipinski definition) is 6. The SMILES string of the molecule is CCS(=O)(=O)c1ccc(C(CC(=O)OC)NC(=O)OC(C)(C)C)cc1. The zero-order valence-electron chi connectivity index (χ0n) is 15.2. The van der Waals surface area contributed by atoms with Gasteiger partial charge in [0.1, 0.15) is 5.60 Å². The summed E-state index contributed by atoms with van der Waals surface area (Å²) in [6, 6.07) is 5.34. The summed E-state index contributed by atoms with van der Waals surface area (Å²) in [4.78, 5) is 23.8. The summed E-state index contributed by atoms with van der Waals surface area (Å²) in [5.41, 5.74) is -0.106. The van der Waals surface area contributed by atoms with E-state index in [0.29, 0.717) is 5.56 Å². The van der Waals surface area contributed by atoms with Crippen LogP contribution < -0.4 is 5.32 Å². The molecule has 0 saturated heterocycles. The Labute approximate surface area is 148 Å². The van der Waals surface area contributed by atoms with Gasteiger partial charge in [0.2, 0.25) is 0 Å². The van der Waals surface area contributed by atoms with Crippen molar-refractivity contribution in [3.8, 4) is 0 Å². The molecule has 25 heavy (non-hydrogen) atoms. The third kappa shape index (κ3) is 6.74. The molecule has 1 unspecified atom stereocenters. The van der Waals surface area contributed by atoms with E-state index >= 15 is 0 Å². The molecular formula is C17H25NO6S. The molecule has 0 aliphatic carbocycles. The van der Waals surface area contributed by atoms with Gasteiger partial charge in [-0.1, -0.05) is 19.1 Å². The van der Waals surface area contributed by atoms with Crippen molar-refractivity contribution < 1.29 is 27.5 Å². The van der Waals surface area contributed by atoms with Crippen LogP contribution in [0.2, 0.25) is 0 Å². The van der Waals surface area contributed by atoms with E-state index in [1.165, 1.54) is 19.2 Å². The third-order valence-corrected chi connectivity index (χ3v) is 5.06. The number of ether oxygens (including phenoxy) is 2. The molecule has 0 bridgehead atoms. The van der Waals surface area contributed by atoms with E-state index in [2.05, 4.69) is 10.1 Å². The minimum Gasteiger partial charge on any atom is -0.469 e. The lowest BCUT2D eigenvalue weighted by atomic mass is 10.0. The van der Waals surface area contributed by atoms with Crippen LogP contribution in [0.5, 0.6) is 0 Å². The number of carbonyl (C=O) groups excluding carboxylic acids is 2. The van der Waals surface area contributed by atoms with Gasteiger partial charge < -0.3 is 14.8 Å². The van der Waals surface area contributed by atoms with E-state index in [1.54, 1.807) is 39.8 Å². The molecule has 0 saturated carbocycles. The Bertz CT molecular complexity index is 704. The van der Waals surface area contributed by atoms with Crippen molar-refractivity contribution in [1.29, 1.82) is 0 Å². The molecule has 0 fully saturated rings. The summed E-state index contributed by atoms with van der Waals surface area (Å²) in [6.45, 7) is 6.75. The van der Waals surface area contributed by atoms with E-state index in [0.717, 1.165) is 0 Å². The van der Waals surface area contributed by atoms with Crippen molar-refractivity contribution in [3.05, 3.63) is 29.8 Å². The van der Waals surface area contributed by atoms with E-state index in [-0.39, 0.29) is 17.1 Å². The molecule has 0 heterocycles. The fourth-order valence-corrected chi connectivity index (χ4v) is 2.91. The number of benzene rings is 1. The van der Waals surface area contributed by atoms with Crippen molar-refractivity contribution in [2.45, 2.75) is 50.7 Å². The molecule has 1 N–H and O–H groups in total. The number of amides is 1. The maximum Gasteiger partial charge on any atom is 0.408 e. The average Bonchev–Trinajstić information content (AvgIpc) is 2.52. The second kappa shape index (κ2) is 8.33. The van der Waals surface area contributed by atoms with Crippen LogP contribution in [0.4, 0.5) is 4.79 Å². The number of rotatable bonds is 6. The van der Waals surface area contributed by atoms with Gasteiger partial charge in [0.25, 0.3) is 0 Å². The molecule has 1 rings (SSSR count). The normalized spacial score (nSPS) is 13.0. The van der Waals surface area contributed by atoms with Gasteiger partial charge in [0.15, 0.2) is 9.84 Å². The Morgan fingerprint density at radius 3 is 2.16 bits per heavy atom. The Morgan fingerprint density at radius 2 is 1.72 bits per heavy atom. The summed E-state index contributed by atoms with van der Waals surface area (Å²) in [6.07, 6.45) is -0.776. The molecule has 0 spiro atoms. The van der Waals surface area contributed by atoms with Crippen LogP contribution in [-0.4, -0.2) is 38.9 Å². The molecule has 140 valence electrons. The lowest BCUT2D eigenvalue weighted by molar-refractivity contribution is -0.141. The van der Waals surface area contributed by atoms with Gasteiger partial charge in [-0.25, -0.2) is 13.2 Å². The van der Waals surface area contributed by atoms with Crippen LogP contribution in [-0.2, 0) is 24.1 Å². The molecule has 0 aromatic heterocycles. The number of methoxy groups -OCH3 is 1. The zero-order chi connectivity index (χ0) is 19.3. The van der Waals surface area contributed by atoms with Gasteiger partial charge in [0.05, 0.1) is 30.2 Å². The van der Waals surface area contributed by atoms with Crippen LogP contribution in [0.25, 0.3) is 0 Å². The van der Waals surface area contributed by atoms with Crippen LogP contribution >= 0.6 is 0 Å². The standard InChI is InChI=1S/C17H25NO6S/c1-6-25(21,22)13-9-7-12(8-10-13)14(11-15(19)23-5)18-16(20)24-17(2,3)4/h7-10,14H,6,11H2,1-5H3,(H,18,20). The quantitative estimate of drug-likeness (QED) is 0.772. The minimum atomic E-state index is -3.32. The van der Waals surface area contributed by atoms with Crippen molar-refractivity contribution in [2.75, 3.05) is 12.9 Å². The van der Waals surface area contributed by atoms with Crippen molar-refractivity contribution in [3.63, 3.8) is 0 Å². The lowest BCUT2D eigenvalue weighted by Crippen LogP contribution is -2.36. The highest BCUT2D eigenvalue weighted by Gasteiger charge is 2.23. The molecule has 0 aliphatic rings. The molecule has 0 radical (unpaired) electrons. The van der Waals surface area contributed by atoms with E-state index in [1.807, 2.05) is 0 Å². The Balaban J connectivity index is 3.03. The Morgan fingerprint density at radius 1 is 1.16 bits per heavy atom. The van der Waals surface area contributed by atoms with E-state index in [9.17, 15) is 18.0 Å². The minimum absolute atomic E-state index is 0.00586. The molecule has 8 heteroatoms. The van der Waals surface area contributed by atoms with Crippen LogP contribution in [0, 0.1) is 0 Å². The number of nitrogens with one attached hydrogen (secondary N) is 1. The van der Waals surface area contributed by atoms with E-state index in [4.69, 9.17) is 4.74 Å². The monoisotopic (exact) mass is 371 g/mol. The lowest BCUT2D eigenvalue weighted by Gasteiger charge is -2.23. The number of sulfone groups is 1. The molecule has 1 atom stereocenters. The molecule has 1 aromatic rings. The second-order valence-corrected chi connectivity index (χ2v) is 8.73. The van der Waals surface area contributed by atoms with Crippen LogP contribution in [0.15, 0.2) is 29.2 Å². The number of hydrogen-bond donors (Lipinski definition) is 1. The first-order valence-corrected chi connectivity index (χ1v) is 9.52. The third-order valence-electron chi connectivity index (χ3n) is 3.31. The summed E-state index contributed by atoms with van der Waals surface area (Å²) in [5, 5.41) is 2.62. The van der Waals surface area contributed by atoms with Crippen LogP contribution in [0.3, 0.4) is 0 Å². The first-order valence-electron chi connectivity index (χ1n) is 7.87. The number of esters is 1. The van der Waals surface area contributed by atoms with Crippen molar-refractivity contribution in [1.82, 2.24) is 5.32 Å². The van der Waals surface area contributed by atoms with Crippen molar-refractivity contribution >= 4 is 21.9 Å². The summed E-state index contributed by atoms with van der Waals surface area (Å²) in [7, 11) is -2.07. The first-order chi connectivity index (χ1) is 11.5. The largest absolute Gasteiger partial charge is 0.469 e. The maximum atomic E-state index is 12.0. The average molecular weight is 371 g/mol. The Hall–Kier alpha value is -2.09. The maximum absolute atomic E-state index is 12.0. The van der Waals surface area contributed by atoms with Gasteiger partial charge in [0, 0.05) is 0 Å². The van der Waals surface area contributed by atoms with Gasteiger partial charge >= 0.3 is 12.1 Å². The number of alkyl carbamates (subject to hydrolysis) is 1. The predicted octanol–water partition coefficient (Wildman–Crippen LogP) is 2.61. The van der Waals surface area contributed by atoms with Gasteiger partial charge in [-0.15, -0.1) is 0 Å². The number of carbonyl (C=O) groups is 2. The second-order valence-electron chi connectivity index (χ2n) is 6.45. The highest BCUT2D eigenvalue weighted by Crippen LogP contribution is 2.21. The van der Waals surface area contributed by atoms with Crippen molar-refractivity contribution in [2.24, 2.45) is 0 Å². The summed E-state index contributed by atoms with van der Waals surface area (Å²) in [5.74, 6) is -0.514. The zero-order valence-corrected chi connectivity index (χ0v) is 16.0. The summed E-state index contributed by atoms with van der Waals surface area (Å²) < 4.78 is 33.6. The summed E-state index contributed by atoms with van der Waals surface area (Å²) >= 11 is 0. The topological polar surface area (TPSA) is 98.8 Å². The van der Waals surface area contributed by atoms with Gasteiger partial charge in [-0.2, -0.15) is 0 Å².